The van der Waals surface area contributed by atoms with E-state index >= 15 is 0 Å². The standard InChI is InChI=1S/C16H16N2OS/c19-16-10-13(20)11-18(16)15-9-5-4-8-14(15)17-12-6-2-1-3-7-12/h1-9,13,17,20H,10-11H2. The highest BCUT2D eigenvalue weighted by Crippen LogP contribution is 2.32. The predicted molar refractivity (Wildman–Crippen MR) is 85.9 cm³/mol. The average molecular weight is 284 g/mol. The monoisotopic (exact) mass is 284 g/mol. The van der Waals surface area contributed by atoms with Crippen LogP contribution in [0, 0.1) is 0 Å². The summed E-state index contributed by atoms with van der Waals surface area (Å²) in [7, 11) is 0. The first-order valence-corrected chi connectivity index (χ1v) is 7.15. The van der Waals surface area contributed by atoms with Gasteiger partial charge in [-0.15, -0.1) is 0 Å². The number of carbonyl (C=O) groups excluding carboxylic acids is 1. The van der Waals surface area contributed by atoms with Crippen molar-refractivity contribution in [2.24, 2.45) is 0 Å². The van der Waals surface area contributed by atoms with Crippen molar-refractivity contribution >= 4 is 35.6 Å². The van der Waals surface area contributed by atoms with Gasteiger partial charge in [0, 0.05) is 23.9 Å². The highest BCUT2D eigenvalue weighted by molar-refractivity contribution is 7.81. The molecule has 3 rings (SSSR count). The van der Waals surface area contributed by atoms with Gasteiger partial charge in [-0.25, -0.2) is 0 Å². The van der Waals surface area contributed by atoms with Crippen molar-refractivity contribution in [2.75, 3.05) is 16.8 Å². The highest BCUT2D eigenvalue weighted by Gasteiger charge is 2.29. The van der Waals surface area contributed by atoms with Crippen molar-refractivity contribution in [3.05, 3.63) is 54.6 Å². The number of anilines is 3. The molecule has 1 heterocycles. The zero-order valence-corrected chi connectivity index (χ0v) is 11.9. The van der Waals surface area contributed by atoms with Crippen molar-refractivity contribution in [3.63, 3.8) is 0 Å². The summed E-state index contributed by atoms with van der Waals surface area (Å²) in [5, 5.41) is 3.48. The van der Waals surface area contributed by atoms with Crippen LogP contribution < -0.4 is 10.2 Å². The molecule has 0 spiro atoms. The molecule has 20 heavy (non-hydrogen) atoms. The number of amides is 1. The first kappa shape index (κ1) is 13.1. The maximum atomic E-state index is 12.0. The van der Waals surface area contributed by atoms with Crippen LogP contribution >= 0.6 is 12.6 Å². The fraction of sp³-hybridized carbons (Fsp3) is 0.188. The van der Waals surface area contributed by atoms with Crippen molar-refractivity contribution in [1.29, 1.82) is 0 Å². The lowest BCUT2D eigenvalue weighted by Crippen LogP contribution is -2.25. The predicted octanol–water partition coefficient (Wildman–Crippen LogP) is 3.47. The molecule has 102 valence electrons. The van der Waals surface area contributed by atoms with Crippen LogP contribution in [0.1, 0.15) is 6.42 Å². The van der Waals surface area contributed by atoms with Gasteiger partial charge in [0.25, 0.3) is 0 Å². The molecule has 0 aromatic heterocycles. The van der Waals surface area contributed by atoms with Gasteiger partial charge in [-0.05, 0) is 24.3 Å². The van der Waals surface area contributed by atoms with E-state index in [0.29, 0.717) is 13.0 Å². The number of hydrogen-bond acceptors (Lipinski definition) is 3. The number of nitrogens with one attached hydrogen (secondary N) is 1. The summed E-state index contributed by atoms with van der Waals surface area (Å²) in [6, 6.07) is 17.8. The summed E-state index contributed by atoms with van der Waals surface area (Å²) in [5.41, 5.74) is 2.86. The van der Waals surface area contributed by atoms with Crippen LogP contribution in [-0.4, -0.2) is 17.7 Å². The summed E-state index contributed by atoms with van der Waals surface area (Å²) < 4.78 is 0. The molecule has 1 fully saturated rings. The minimum atomic E-state index is 0.118. The van der Waals surface area contributed by atoms with E-state index in [2.05, 4.69) is 17.9 Å². The number of benzene rings is 2. The molecule has 3 nitrogen and oxygen atoms in total. The van der Waals surface area contributed by atoms with E-state index in [9.17, 15) is 4.79 Å². The minimum absolute atomic E-state index is 0.118. The molecule has 2 aromatic rings. The summed E-state index contributed by atoms with van der Waals surface area (Å²) in [5.74, 6) is 0.132. The number of para-hydroxylation sites is 3. The van der Waals surface area contributed by atoms with Gasteiger partial charge in [0.15, 0.2) is 0 Å². The third-order valence-corrected chi connectivity index (χ3v) is 3.70. The Morgan fingerprint density at radius 1 is 1.05 bits per heavy atom. The van der Waals surface area contributed by atoms with Crippen molar-refractivity contribution < 1.29 is 4.79 Å². The van der Waals surface area contributed by atoms with Crippen molar-refractivity contribution in [1.82, 2.24) is 0 Å². The van der Waals surface area contributed by atoms with E-state index in [-0.39, 0.29) is 11.2 Å². The molecule has 1 aliphatic heterocycles. The van der Waals surface area contributed by atoms with Gasteiger partial charge in [-0.1, -0.05) is 30.3 Å². The van der Waals surface area contributed by atoms with E-state index in [1.807, 2.05) is 59.5 Å². The van der Waals surface area contributed by atoms with Crippen molar-refractivity contribution in [3.8, 4) is 0 Å². The molecule has 0 bridgehead atoms. The van der Waals surface area contributed by atoms with Crippen LogP contribution in [0.5, 0.6) is 0 Å². The molecule has 1 aliphatic rings. The first-order chi connectivity index (χ1) is 9.74. The summed E-state index contributed by atoms with van der Waals surface area (Å²) in [6.07, 6.45) is 0.503. The van der Waals surface area contributed by atoms with Gasteiger partial charge in [-0.3, -0.25) is 4.79 Å². The molecule has 2 aromatic carbocycles. The molecule has 1 N–H and O–H groups in total. The Hall–Kier alpha value is -1.94. The van der Waals surface area contributed by atoms with Crippen LogP contribution in [0.15, 0.2) is 54.6 Å². The lowest BCUT2D eigenvalue weighted by atomic mass is 10.2. The van der Waals surface area contributed by atoms with Crippen LogP contribution in [0.4, 0.5) is 17.1 Å². The van der Waals surface area contributed by atoms with Gasteiger partial charge in [0.05, 0.1) is 11.4 Å². The zero-order chi connectivity index (χ0) is 13.9. The minimum Gasteiger partial charge on any atom is -0.354 e. The zero-order valence-electron chi connectivity index (χ0n) is 11.0. The summed E-state index contributed by atoms with van der Waals surface area (Å²) in [6.45, 7) is 0.662. The Labute approximate surface area is 124 Å². The molecule has 1 amide bonds. The molecule has 0 aliphatic carbocycles. The molecule has 1 atom stereocenters. The fourth-order valence-electron chi connectivity index (χ4n) is 2.41. The maximum Gasteiger partial charge on any atom is 0.228 e. The Balaban J connectivity index is 1.91. The lowest BCUT2D eigenvalue weighted by molar-refractivity contribution is -0.117. The molecular formula is C16H16N2OS. The van der Waals surface area contributed by atoms with E-state index < -0.39 is 0 Å². The Morgan fingerprint density at radius 2 is 1.75 bits per heavy atom. The van der Waals surface area contributed by atoms with Crippen molar-refractivity contribution in [2.45, 2.75) is 11.7 Å². The van der Waals surface area contributed by atoms with Crippen LogP contribution in [-0.2, 0) is 4.79 Å². The van der Waals surface area contributed by atoms with Gasteiger partial charge >= 0.3 is 0 Å². The van der Waals surface area contributed by atoms with E-state index in [1.54, 1.807) is 0 Å². The molecule has 1 unspecified atom stereocenters. The smallest absolute Gasteiger partial charge is 0.228 e. The maximum absolute atomic E-state index is 12.0. The van der Waals surface area contributed by atoms with E-state index in [1.165, 1.54) is 0 Å². The Morgan fingerprint density at radius 3 is 2.45 bits per heavy atom. The Bertz CT molecular complexity index is 615. The van der Waals surface area contributed by atoms with Crippen LogP contribution in [0.2, 0.25) is 0 Å². The van der Waals surface area contributed by atoms with E-state index in [0.717, 1.165) is 17.1 Å². The second kappa shape index (κ2) is 5.59. The first-order valence-electron chi connectivity index (χ1n) is 6.63. The van der Waals surface area contributed by atoms with Crippen LogP contribution in [0.25, 0.3) is 0 Å². The highest BCUT2D eigenvalue weighted by atomic mass is 32.1. The second-order valence-corrected chi connectivity index (χ2v) is 5.60. The quantitative estimate of drug-likeness (QED) is 0.846. The third kappa shape index (κ3) is 2.65. The third-order valence-electron chi connectivity index (χ3n) is 3.35. The number of thiol groups is 1. The molecule has 1 saturated heterocycles. The van der Waals surface area contributed by atoms with E-state index in [4.69, 9.17) is 0 Å². The number of hydrogen-bond donors (Lipinski definition) is 2. The summed E-state index contributed by atoms with van der Waals surface area (Å²) in [4.78, 5) is 13.8. The van der Waals surface area contributed by atoms with Crippen LogP contribution in [0.3, 0.4) is 0 Å². The lowest BCUT2D eigenvalue weighted by Gasteiger charge is -2.20. The average Bonchev–Trinajstić information content (AvgIpc) is 2.79. The normalized spacial score (nSPS) is 18.4. The number of nitrogens with zero attached hydrogens (tertiary/aromatic N) is 1. The fourth-order valence-corrected chi connectivity index (χ4v) is 2.73. The number of rotatable bonds is 3. The van der Waals surface area contributed by atoms with Gasteiger partial charge in [0.2, 0.25) is 5.91 Å². The largest absolute Gasteiger partial charge is 0.354 e. The summed E-state index contributed by atoms with van der Waals surface area (Å²) >= 11 is 4.41. The Kier molecular flexibility index (Phi) is 3.65. The van der Waals surface area contributed by atoms with Gasteiger partial charge < -0.3 is 10.2 Å². The number of carbonyl (C=O) groups is 1. The molecule has 0 saturated carbocycles. The second-order valence-electron chi connectivity index (χ2n) is 4.87. The van der Waals surface area contributed by atoms with Gasteiger partial charge in [-0.2, -0.15) is 12.6 Å². The molecule has 4 heteroatoms. The SMILES string of the molecule is O=C1CC(S)CN1c1ccccc1Nc1ccccc1. The van der Waals surface area contributed by atoms with Gasteiger partial charge in [0.1, 0.15) is 0 Å². The topological polar surface area (TPSA) is 32.3 Å². The molecule has 0 radical (unpaired) electrons. The molecular weight excluding hydrogens is 268 g/mol.